The van der Waals surface area contributed by atoms with Crippen molar-refractivity contribution < 1.29 is 27.9 Å². The lowest BCUT2D eigenvalue weighted by atomic mass is 9.93. The van der Waals surface area contributed by atoms with Crippen molar-refractivity contribution in [3.63, 3.8) is 0 Å². The number of nitrogens with one attached hydrogen (secondary N) is 1. The van der Waals surface area contributed by atoms with Gasteiger partial charge in [-0.15, -0.1) is 0 Å². The SMILES string of the molecule is Cc1ccc(N(C(=O)[C@@H]2N3C(=O)C[C@@H]3S(=O)(=O)C2(C)C)[C@@H](C(=O)NC2CCCCC2)c2ccc(O)cc2)cc1. The van der Waals surface area contributed by atoms with E-state index in [4.69, 9.17) is 0 Å². The summed E-state index contributed by atoms with van der Waals surface area (Å²) in [7, 11) is -3.83. The molecule has 2 N–H and O–H groups in total. The summed E-state index contributed by atoms with van der Waals surface area (Å²) in [5.41, 5.74) is 1.81. The molecule has 0 spiro atoms. The van der Waals surface area contributed by atoms with Gasteiger partial charge in [0.1, 0.15) is 23.2 Å². The second-order valence-electron chi connectivity index (χ2n) is 11.4. The standard InChI is InChI=1S/C29H35N3O6S/c1-18-9-13-21(14-10-18)31(28(36)26-29(2,3)39(37,38)24-17-23(34)32(24)26)25(19-11-15-22(33)16-12-19)27(35)30-20-7-5-4-6-8-20/h9-16,20,24-26,33H,4-8,17H2,1-3H3,(H,30,35)/t24-,25+,26-/m0/s1. The van der Waals surface area contributed by atoms with Crippen LogP contribution < -0.4 is 10.2 Å². The van der Waals surface area contributed by atoms with Crippen LogP contribution in [0, 0.1) is 6.92 Å². The van der Waals surface area contributed by atoms with Gasteiger partial charge in [0.2, 0.25) is 11.8 Å². The van der Waals surface area contributed by atoms with Gasteiger partial charge in [0.15, 0.2) is 9.84 Å². The molecule has 1 saturated carbocycles. The molecule has 0 aromatic heterocycles. The number of rotatable bonds is 6. The van der Waals surface area contributed by atoms with Gasteiger partial charge < -0.3 is 15.3 Å². The molecule has 0 radical (unpaired) electrons. The first-order chi connectivity index (χ1) is 18.4. The van der Waals surface area contributed by atoms with Crippen molar-refractivity contribution in [1.82, 2.24) is 10.2 Å². The number of aryl methyl sites for hydroxylation is 1. The molecule has 0 unspecified atom stereocenters. The highest BCUT2D eigenvalue weighted by molar-refractivity contribution is 7.93. The number of benzene rings is 2. The predicted molar refractivity (Wildman–Crippen MR) is 147 cm³/mol. The highest BCUT2D eigenvalue weighted by Crippen LogP contribution is 2.47. The number of phenolic OH excluding ortho intramolecular Hbond substituents is 1. The second kappa shape index (κ2) is 9.97. The van der Waals surface area contributed by atoms with E-state index >= 15 is 0 Å². The monoisotopic (exact) mass is 553 g/mol. The number of anilines is 1. The molecular formula is C29H35N3O6S. The van der Waals surface area contributed by atoms with Crippen LogP contribution in [0.4, 0.5) is 5.69 Å². The van der Waals surface area contributed by atoms with Crippen molar-refractivity contribution in [1.29, 1.82) is 0 Å². The molecule has 1 aliphatic carbocycles. The van der Waals surface area contributed by atoms with Crippen LogP contribution in [-0.4, -0.2) is 58.4 Å². The zero-order valence-electron chi connectivity index (χ0n) is 22.5. The third kappa shape index (κ3) is 4.58. The number of β-lactam (4-membered cyclic amide) rings is 1. The highest BCUT2D eigenvalue weighted by atomic mass is 32.2. The molecular weight excluding hydrogens is 518 g/mol. The Kier molecular flexibility index (Phi) is 6.95. The van der Waals surface area contributed by atoms with Crippen LogP contribution in [-0.2, 0) is 24.2 Å². The van der Waals surface area contributed by atoms with Gasteiger partial charge in [0.25, 0.3) is 5.91 Å². The van der Waals surface area contributed by atoms with Gasteiger partial charge in [-0.05, 0) is 63.4 Å². The zero-order chi connectivity index (χ0) is 28.1. The number of phenols is 1. The van der Waals surface area contributed by atoms with Crippen LogP contribution >= 0.6 is 0 Å². The lowest BCUT2D eigenvalue weighted by Gasteiger charge is -2.41. The van der Waals surface area contributed by atoms with Gasteiger partial charge in [-0.25, -0.2) is 8.42 Å². The minimum Gasteiger partial charge on any atom is -0.508 e. The Morgan fingerprint density at radius 2 is 1.64 bits per heavy atom. The quantitative estimate of drug-likeness (QED) is 0.529. The average molecular weight is 554 g/mol. The molecule has 2 aliphatic heterocycles. The summed E-state index contributed by atoms with van der Waals surface area (Å²) in [6, 6.07) is 10.7. The summed E-state index contributed by atoms with van der Waals surface area (Å²) in [5.74, 6) is -1.42. The number of aromatic hydroxyl groups is 1. The van der Waals surface area contributed by atoms with Crippen molar-refractivity contribution in [2.75, 3.05) is 4.90 Å². The summed E-state index contributed by atoms with van der Waals surface area (Å²) in [5, 5.41) is 12.0. The summed E-state index contributed by atoms with van der Waals surface area (Å²) < 4.78 is 25.1. The minimum atomic E-state index is -3.83. The third-order valence-corrected chi connectivity index (χ3v) is 11.2. The first-order valence-electron chi connectivity index (χ1n) is 13.5. The average Bonchev–Trinajstić information content (AvgIpc) is 3.02. The van der Waals surface area contributed by atoms with Gasteiger partial charge in [-0.1, -0.05) is 49.1 Å². The molecule has 9 nitrogen and oxygen atoms in total. The predicted octanol–water partition coefficient (Wildman–Crippen LogP) is 3.36. The Bertz CT molecular complexity index is 1380. The van der Waals surface area contributed by atoms with E-state index in [2.05, 4.69) is 5.32 Å². The Balaban J connectivity index is 1.63. The first kappa shape index (κ1) is 27.2. The number of fused-ring (bicyclic) bond motifs is 1. The number of carbonyl (C=O) groups excluding carboxylic acids is 3. The van der Waals surface area contributed by atoms with Crippen LogP contribution in [0.2, 0.25) is 0 Å². The van der Waals surface area contributed by atoms with Crippen molar-refractivity contribution in [2.24, 2.45) is 0 Å². The van der Waals surface area contributed by atoms with E-state index in [1.54, 1.807) is 24.3 Å². The number of hydrogen-bond acceptors (Lipinski definition) is 6. The Labute approximate surface area is 229 Å². The Morgan fingerprint density at radius 3 is 2.23 bits per heavy atom. The lowest BCUT2D eigenvalue weighted by Crippen LogP contribution is -2.61. The van der Waals surface area contributed by atoms with E-state index in [0.717, 1.165) is 37.7 Å². The summed E-state index contributed by atoms with van der Waals surface area (Å²) in [6.07, 6.45) is 4.64. The molecule has 39 heavy (non-hydrogen) atoms. The van der Waals surface area contributed by atoms with Crippen molar-refractivity contribution >= 4 is 33.2 Å². The molecule has 3 atom stereocenters. The molecule has 208 valence electrons. The number of sulfone groups is 1. The van der Waals surface area contributed by atoms with Gasteiger partial charge >= 0.3 is 0 Å². The lowest BCUT2D eigenvalue weighted by molar-refractivity contribution is -0.149. The molecule has 10 heteroatoms. The van der Waals surface area contributed by atoms with Gasteiger partial charge in [-0.3, -0.25) is 19.3 Å². The Morgan fingerprint density at radius 1 is 1.03 bits per heavy atom. The molecule has 2 heterocycles. The fourth-order valence-electron chi connectivity index (χ4n) is 6.07. The number of carbonyl (C=O) groups is 3. The van der Waals surface area contributed by atoms with Gasteiger partial charge in [-0.2, -0.15) is 0 Å². The van der Waals surface area contributed by atoms with Crippen LogP contribution in [0.3, 0.4) is 0 Å². The zero-order valence-corrected chi connectivity index (χ0v) is 23.3. The summed E-state index contributed by atoms with van der Waals surface area (Å²) in [4.78, 5) is 43.8. The number of nitrogens with zero attached hydrogens (tertiary/aromatic N) is 2. The molecule has 3 aliphatic rings. The minimum absolute atomic E-state index is 0.00967. The maximum absolute atomic E-state index is 14.6. The fraction of sp³-hybridized carbons (Fsp3) is 0.483. The van der Waals surface area contributed by atoms with Gasteiger partial charge in [0.05, 0.1) is 11.2 Å². The topological polar surface area (TPSA) is 124 Å². The fourth-order valence-corrected chi connectivity index (χ4v) is 8.20. The molecule has 2 saturated heterocycles. The van der Waals surface area contributed by atoms with E-state index in [1.807, 2.05) is 19.1 Å². The normalized spacial score (nSPS) is 24.4. The van der Waals surface area contributed by atoms with Crippen LogP contribution in [0.25, 0.3) is 0 Å². The number of hydrogen-bond donors (Lipinski definition) is 2. The van der Waals surface area contributed by atoms with E-state index in [0.29, 0.717) is 11.3 Å². The molecule has 3 amide bonds. The summed E-state index contributed by atoms with van der Waals surface area (Å²) >= 11 is 0. The first-order valence-corrected chi connectivity index (χ1v) is 15.0. The maximum Gasteiger partial charge on any atom is 0.252 e. The van der Waals surface area contributed by atoms with Crippen LogP contribution in [0.15, 0.2) is 48.5 Å². The molecule has 2 aromatic rings. The summed E-state index contributed by atoms with van der Waals surface area (Å²) in [6.45, 7) is 4.85. The van der Waals surface area contributed by atoms with Crippen LogP contribution in [0.1, 0.15) is 69.5 Å². The molecule has 2 aromatic carbocycles. The smallest absolute Gasteiger partial charge is 0.252 e. The largest absolute Gasteiger partial charge is 0.508 e. The van der Waals surface area contributed by atoms with Gasteiger partial charge in [0, 0.05) is 11.7 Å². The number of amides is 3. The van der Waals surface area contributed by atoms with E-state index in [1.165, 1.54) is 35.8 Å². The molecule has 5 rings (SSSR count). The van der Waals surface area contributed by atoms with Crippen molar-refractivity contribution in [3.8, 4) is 5.75 Å². The molecule has 0 bridgehead atoms. The molecule has 3 fully saturated rings. The maximum atomic E-state index is 14.6. The van der Waals surface area contributed by atoms with E-state index in [-0.39, 0.29) is 18.2 Å². The highest BCUT2D eigenvalue weighted by Gasteiger charge is 2.68. The van der Waals surface area contributed by atoms with E-state index in [9.17, 15) is 27.9 Å². The van der Waals surface area contributed by atoms with Crippen LogP contribution in [0.5, 0.6) is 5.75 Å². The van der Waals surface area contributed by atoms with Crippen molar-refractivity contribution in [3.05, 3.63) is 59.7 Å². The van der Waals surface area contributed by atoms with Crippen molar-refractivity contribution in [2.45, 2.75) is 87.5 Å². The van der Waals surface area contributed by atoms with E-state index < -0.39 is 49.8 Å². The second-order valence-corrected chi connectivity index (χ2v) is 14.1. The third-order valence-electron chi connectivity index (χ3n) is 8.43. The Hall–Kier alpha value is -3.40.